The molecule has 7 heteroatoms. The highest BCUT2D eigenvalue weighted by Crippen LogP contribution is 2.49. The number of anilines is 2. The summed E-state index contributed by atoms with van der Waals surface area (Å²) in [6, 6.07) is 12.1. The molecule has 2 aliphatic carbocycles. The van der Waals surface area contributed by atoms with Crippen LogP contribution in [0, 0.1) is 29.6 Å². The maximum atomic E-state index is 12.9. The largest absolute Gasteiger partial charge is 0.353 e. The van der Waals surface area contributed by atoms with Gasteiger partial charge in [0, 0.05) is 44.5 Å². The fourth-order valence-electron chi connectivity index (χ4n) is 6.96. The predicted molar refractivity (Wildman–Crippen MR) is 139 cm³/mol. The number of likely N-dealkylation sites (tertiary alicyclic amines) is 1. The lowest BCUT2D eigenvalue weighted by atomic mass is 9.85. The Bertz CT molecular complexity index is 1060. The van der Waals surface area contributed by atoms with Crippen LogP contribution in [0.25, 0.3) is 0 Å². The number of nitrogens with one attached hydrogen (secondary N) is 1. The third kappa shape index (κ3) is 5.11. The van der Waals surface area contributed by atoms with E-state index in [-0.39, 0.29) is 11.8 Å². The zero-order valence-electron chi connectivity index (χ0n) is 21.0. The molecule has 2 saturated heterocycles. The summed E-state index contributed by atoms with van der Waals surface area (Å²) in [5.74, 6) is 4.29. The standard InChI is InChI=1S/C29H37N5O2/c35-28(17-24-16-22-3-6-23(24)15-22)33-12-9-21(10-13-33)14-20-4-7-26(8-5-20)31-29(36)25-18-34(19-25)27-2-1-11-30-32-27/h1-2,4-5,7-8,11,21-25H,3,6,9-10,12-19H2,(H,31,36)/t22?,23-,24?/m0/s1. The van der Waals surface area contributed by atoms with E-state index in [4.69, 9.17) is 0 Å². The van der Waals surface area contributed by atoms with E-state index >= 15 is 0 Å². The van der Waals surface area contributed by atoms with Crippen LogP contribution in [0.3, 0.4) is 0 Å². The average Bonchev–Trinajstić information content (AvgIpc) is 3.49. The van der Waals surface area contributed by atoms with Gasteiger partial charge in [0.2, 0.25) is 11.8 Å². The molecule has 2 aromatic rings. The third-order valence-electron chi connectivity index (χ3n) is 9.17. The van der Waals surface area contributed by atoms with E-state index in [0.29, 0.717) is 30.8 Å². The highest BCUT2D eigenvalue weighted by atomic mass is 16.2. The SMILES string of the molecule is O=C(Nc1ccc(CC2CCN(C(=O)CC3CC4CC[C@H]3C4)CC2)cc1)C1CN(c2cccnn2)C1. The normalized spacial score (nSPS) is 26.2. The fourth-order valence-corrected chi connectivity index (χ4v) is 6.96. The summed E-state index contributed by atoms with van der Waals surface area (Å²) < 4.78 is 0. The highest BCUT2D eigenvalue weighted by Gasteiger charge is 2.41. The Kier molecular flexibility index (Phi) is 6.63. The lowest BCUT2D eigenvalue weighted by molar-refractivity contribution is -0.134. The van der Waals surface area contributed by atoms with Gasteiger partial charge in [0.1, 0.15) is 0 Å². The van der Waals surface area contributed by atoms with E-state index in [0.717, 1.165) is 62.1 Å². The molecular formula is C29H37N5O2. The second kappa shape index (κ2) is 10.2. The zero-order valence-corrected chi connectivity index (χ0v) is 21.0. The van der Waals surface area contributed by atoms with Gasteiger partial charge in [-0.15, -0.1) is 5.10 Å². The molecular weight excluding hydrogens is 450 g/mol. The Morgan fingerprint density at radius 3 is 2.44 bits per heavy atom. The van der Waals surface area contributed by atoms with Crippen molar-refractivity contribution in [2.24, 2.45) is 29.6 Å². The Morgan fingerprint density at radius 1 is 0.972 bits per heavy atom. The van der Waals surface area contributed by atoms with Crippen LogP contribution in [0.5, 0.6) is 0 Å². The molecule has 3 heterocycles. The summed E-state index contributed by atoms with van der Waals surface area (Å²) in [7, 11) is 0. The van der Waals surface area contributed by atoms with Crippen molar-refractivity contribution in [2.45, 2.75) is 51.4 Å². The van der Waals surface area contributed by atoms with Crippen molar-refractivity contribution in [3.05, 3.63) is 48.2 Å². The van der Waals surface area contributed by atoms with E-state index in [1.165, 1.54) is 31.2 Å². The molecule has 4 aliphatic rings. The molecule has 4 fully saturated rings. The van der Waals surface area contributed by atoms with Gasteiger partial charge in [-0.1, -0.05) is 18.6 Å². The average molecular weight is 488 g/mol. The number of hydrogen-bond acceptors (Lipinski definition) is 5. The first-order valence-corrected chi connectivity index (χ1v) is 13.8. The van der Waals surface area contributed by atoms with Gasteiger partial charge in [0.15, 0.2) is 5.82 Å². The van der Waals surface area contributed by atoms with Crippen LogP contribution in [0.15, 0.2) is 42.6 Å². The van der Waals surface area contributed by atoms with Crippen molar-refractivity contribution in [1.82, 2.24) is 15.1 Å². The smallest absolute Gasteiger partial charge is 0.231 e. The maximum Gasteiger partial charge on any atom is 0.231 e. The van der Waals surface area contributed by atoms with Gasteiger partial charge >= 0.3 is 0 Å². The van der Waals surface area contributed by atoms with E-state index in [1.807, 2.05) is 24.3 Å². The van der Waals surface area contributed by atoms with Crippen molar-refractivity contribution in [2.75, 3.05) is 36.4 Å². The number of hydrogen-bond donors (Lipinski definition) is 1. The number of amides is 2. The number of piperidine rings is 1. The van der Waals surface area contributed by atoms with Gasteiger partial charge in [-0.25, -0.2) is 0 Å². The lowest BCUT2D eigenvalue weighted by Gasteiger charge is -2.38. The van der Waals surface area contributed by atoms with Gasteiger partial charge in [-0.2, -0.15) is 5.10 Å². The van der Waals surface area contributed by atoms with Gasteiger partial charge in [-0.3, -0.25) is 9.59 Å². The Labute approximate surface area is 213 Å². The lowest BCUT2D eigenvalue weighted by Crippen LogP contribution is -2.52. The van der Waals surface area contributed by atoms with Crippen LogP contribution in [0.1, 0.15) is 50.5 Å². The van der Waals surface area contributed by atoms with Gasteiger partial charge < -0.3 is 15.1 Å². The minimum atomic E-state index is -0.0246. The van der Waals surface area contributed by atoms with Crippen molar-refractivity contribution in [3.63, 3.8) is 0 Å². The van der Waals surface area contributed by atoms with Gasteiger partial charge in [0.05, 0.1) is 5.92 Å². The summed E-state index contributed by atoms with van der Waals surface area (Å²) in [5, 5.41) is 11.1. The highest BCUT2D eigenvalue weighted by molar-refractivity contribution is 5.94. The molecule has 36 heavy (non-hydrogen) atoms. The molecule has 0 spiro atoms. The summed E-state index contributed by atoms with van der Waals surface area (Å²) in [4.78, 5) is 29.7. The number of benzene rings is 1. The molecule has 1 N–H and O–H groups in total. The van der Waals surface area contributed by atoms with Crippen LogP contribution >= 0.6 is 0 Å². The molecule has 2 bridgehead atoms. The van der Waals surface area contributed by atoms with Crippen molar-refractivity contribution < 1.29 is 9.59 Å². The predicted octanol–water partition coefficient (Wildman–Crippen LogP) is 4.16. The molecule has 1 aromatic carbocycles. The molecule has 2 amide bonds. The Morgan fingerprint density at radius 2 is 1.78 bits per heavy atom. The summed E-state index contributed by atoms with van der Waals surface area (Å²) in [6.45, 7) is 3.16. The fraction of sp³-hybridized carbons (Fsp3) is 0.586. The van der Waals surface area contributed by atoms with Crippen LogP contribution in [-0.2, 0) is 16.0 Å². The second-order valence-corrected chi connectivity index (χ2v) is 11.5. The maximum absolute atomic E-state index is 12.9. The minimum Gasteiger partial charge on any atom is -0.353 e. The molecule has 0 radical (unpaired) electrons. The third-order valence-corrected chi connectivity index (χ3v) is 9.17. The van der Waals surface area contributed by atoms with Crippen LogP contribution < -0.4 is 10.2 Å². The molecule has 190 valence electrons. The van der Waals surface area contributed by atoms with Crippen molar-refractivity contribution >= 4 is 23.3 Å². The molecule has 3 atom stereocenters. The summed E-state index contributed by atoms with van der Waals surface area (Å²) in [5.41, 5.74) is 2.15. The van der Waals surface area contributed by atoms with E-state index in [2.05, 4.69) is 37.4 Å². The van der Waals surface area contributed by atoms with Gasteiger partial charge in [-0.05, 0) is 92.0 Å². The molecule has 7 nitrogen and oxygen atoms in total. The topological polar surface area (TPSA) is 78.4 Å². The minimum absolute atomic E-state index is 0.0246. The molecule has 2 unspecified atom stereocenters. The Balaban J connectivity index is 0.918. The van der Waals surface area contributed by atoms with Crippen molar-refractivity contribution in [1.29, 1.82) is 0 Å². The summed E-state index contributed by atoms with van der Waals surface area (Å²) in [6.07, 6.45) is 11.1. The number of carbonyl (C=O) groups is 2. The number of carbonyl (C=O) groups excluding carboxylic acids is 2. The van der Waals surface area contributed by atoms with E-state index in [9.17, 15) is 9.59 Å². The number of aromatic nitrogens is 2. The molecule has 2 saturated carbocycles. The van der Waals surface area contributed by atoms with Crippen LogP contribution in [0.4, 0.5) is 11.5 Å². The quantitative estimate of drug-likeness (QED) is 0.635. The molecule has 1 aromatic heterocycles. The van der Waals surface area contributed by atoms with Crippen LogP contribution in [0.2, 0.25) is 0 Å². The van der Waals surface area contributed by atoms with E-state index in [1.54, 1.807) is 6.20 Å². The van der Waals surface area contributed by atoms with Crippen LogP contribution in [-0.4, -0.2) is 53.1 Å². The first-order chi connectivity index (χ1) is 17.6. The summed E-state index contributed by atoms with van der Waals surface area (Å²) >= 11 is 0. The first-order valence-electron chi connectivity index (χ1n) is 13.8. The molecule has 2 aliphatic heterocycles. The first kappa shape index (κ1) is 23.4. The number of nitrogens with zero attached hydrogens (tertiary/aromatic N) is 4. The van der Waals surface area contributed by atoms with Gasteiger partial charge in [0.25, 0.3) is 0 Å². The van der Waals surface area contributed by atoms with E-state index < -0.39 is 0 Å². The van der Waals surface area contributed by atoms with Crippen molar-refractivity contribution in [3.8, 4) is 0 Å². The Hall–Kier alpha value is -2.96. The monoisotopic (exact) mass is 487 g/mol. The molecule has 6 rings (SSSR count). The second-order valence-electron chi connectivity index (χ2n) is 11.5. The number of fused-ring (bicyclic) bond motifs is 2. The number of rotatable bonds is 7. The zero-order chi connectivity index (χ0) is 24.5.